The monoisotopic (exact) mass is 418 g/mol. The lowest BCUT2D eigenvalue weighted by atomic mass is 10.1. The number of benzene rings is 1. The lowest BCUT2D eigenvalue weighted by Gasteiger charge is -2.16. The minimum Gasteiger partial charge on any atom is -0.497 e. The average Bonchev–Trinajstić information content (AvgIpc) is 2.91. The summed E-state index contributed by atoms with van der Waals surface area (Å²) in [5.74, 6) is 2.64. The fraction of sp³-hybridized carbons (Fsp3) is 0.571. The maximum Gasteiger partial charge on any atom is 0.230 e. The summed E-state index contributed by atoms with van der Waals surface area (Å²) in [5.41, 5.74) is 0. The van der Waals surface area contributed by atoms with Gasteiger partial charge in [0.15, 0.2) is 17.1 Å². The standard InChI is InChI=1S/C21H30N4O3S/c1-15(28-18-12-10-17(27-3)11-13-18)20-23-24-21(25(20)2)29-14-19(26)22-16-8-6-4-5-7-9-16/h10-13,15-16H,4-9,14H2,1-3H3,(H,22,26). The average molecular weight is 419 g/mol. The van der Waals surface area contributed by atoms with Gasteiger partial charge in [-0.05, 0) is 44.0 Å². The van der Waals surface area contributed by atoms with Gasteiger partial charge in [-0.25, -0.2) is 0 Å². The van der Waals surface area contributed by atoms with Gasteiger partial charge in [-0.15, -0.1) is 10.2 Å². The molecule has 1 aliphatic carbocycles. The van der Waals surface area contributed by atoms with E-state index in [1.165, 1.54) is 37.4 Å². The zero-order valence-electron chi connectivity index (χ0n) is 17.4. The highest BCUT2D eigenvalue weighted by Gasteiger charge is 2.19. The number of carbonyl (C=O) groups is 1. The molecule has 0 radical (unpaired) electrons. The van der Waals surface area contributed by atoms with Gasteiger partial charge >= 0.3 is 0 Å². The minimum absolute atomic E-state index is 0.0639. The van der Waals surface area contributed by atoms with Crippen LogP contribution in [-0.4, -0.2) is 39.6 Å². The van der Waals surface area contributed by atoms with Crippen molar-refractivity contribution >= 4 is 17.7 Å². The topological polar surface area (TPSA) is 78.3 Å². The molecule has 1 aromatic heterocycles. The van der Waals surface area contributed by atoms with Crippen molar-refractivity contribution in [1.82, 2.24) is 20.1 Å². The molecule has 8 heteroatoms. The molecule has 2 aromatic rings. The Labute approximate surface area is 176 Å². The van der Waals surface area contributed by atoms with Crippen LogP contribution in [0, 0.1) is 0 Å². The van der Waals surface area contributed by atoms with E-state index in [0.717, 1.165) is 24.3 Å². The third-order valence-electron chi connectivity index (χ3n) is 5.16. The zero-order chi connectivity index (χ0) is 20.6. The van der Waals surface area contributed by atoms with Crippen molar-refractivity contribution in [1.29, 1.82) is 0 Å². The summed E-state index contributed by atoms with van der Waals surface area (Å²) in [6, 6.07) is 7.75. The van der Waals surface area contributed by atoms with Gasteiger partial charge in [0.1, 0.15) is 11.5 Å². The van der Waals surface area contributed by atoms with Crippen LogP contribution in [0.3, 0.4) is 0 Å². The fourth-order valence-electron chi connectivity index (χ4n) is 3.54. The van der Waals surface area contributed by atoms with Gasteiger partial charge in [0.05, 0.1) is 12.9 Å². The van der Waals surface area contributed by atoms with Crippen LogP contribution in [0.15, 0.2) is 29.4 Å². The van der Waals surface area contributed by atoms with E-state index >= 15 is 0 Å². The van der Waals surface area contributed by atoms with Crippen LogP contribution in [0.4, 0.5) is 0 Å². The van der Waals surface area contributed by atoms with E-state index in [9.17, 15) is 4.79 Å². The molecule has 1 aromatic carbocycles. The Balaban J connectivity index is 1.51. The van der Waals surface area contributed by atoms with E-state index in [-0.39, 0.29) is 12.0 Å². The fourth-order valence-corrected chi connectivity index (χ4v) is 4.27. The second kappa shape index (κ2) is 10.5. The van der Waals surface area contributed by atoms with Gasteiger partial charge in [0.25, 0.3) is 0 Å². The van der Waals surface area contributed by atoms with Crippen LogP contribution in [0.5, 0.6) is 11.5 Å². The van der Waals surface area contributed by atoms with Crippen molar-refractivity contribution in [3.63, 3.8) is 0 Å². The van der Waals surface area contributed by atoms with E-state index in [2.05, 4.69) is 15.5 Å². The van der Waals surface area contributed by atoms with Crippen LogP contribution in [-0.2, 0) is 11.8 Å². The van der Waals surface area contributed by atoms with Crippen LogP contribution in [0.25, 0.3) is 0 Å². The van der Waals surface area contributed by atoms with Crippen molar-refractivity contribution in [2.24, 2.45) is 7.05 Å². The Kier molecular flexibility index (Phi) is 7.80. The molecule has 1 atom stereocenters. The molecule has 0 bridgehead atoms. The first kappa shape index (κ1) is 21.5. The van der Waals surface area contributed by atoms with Crippen LogP contribution in [0.2, 0.25) is 0 Å². The van der Waals surface area contributed by atoms with Crippen molar-refractivity contribution in [2.45, 2.75) is 62.8 Å². The molecule has 7 nitrogen and oxygen atoms in total. The third-order valence-corrected chi connectivity index (χ3v) is 6.18. The van der Waals surface area contributed by atoms with E-state index in [1.807, 2.05) is 42.8 Å². The van der Waals surface area contributed by atoms with Gasteiger partial charge < -0.3 is 19.4 Å². The maximum absolute atomic E-state index is 12.3. The van der Waals surface area contributed by atoms with E-state index in [1.54, 1.807) is 7.11 Å². The number of rotatable bonds is 8. The number of methoxy groups -OCH3 is 1. The molecule has 1 N–H and O–H groups in total. The van der Waals surface area contributed by atoms with Gasteiger partial charge in [-0.2, -0.15) is 0 Å². The number of aromatic nitrogens is 3. The Hall–Kier alpha value is -2.22. The van der Waals surface area contributed by atoms with Gasteiger partial charge in [-0.1, -0.05) is 37.4 Å². The van der Waals surface area contributed by atoms with Crippen molar-refractivity contribution in [3.05, 3.63) is 30.1 Å². The summed E-state index contributed by atoms with van der Waals surface area (Å²) >= 11 is 1.40. The maximum atomic E-state index is 12.3. The first-order valence-electron chi connectivity index (χ1n) is 10.2. The summed E-state index contributed by atoms with van der Waals surface area (Å²) in [6.07, 6.45) is 6.87. The molecule has 1 saturated carbocycles. The highest BCUT2D eigenvalue weighted by Crippen LogP contribution is 2.25. The lowest BCUT2D eigenvalue weighted by molar-refractivity contribution is -0.119. The molecule has 0 spiro atoms. The SMILES string of the molecule is COc1ccc(OC(C)c2nnc(SCC(=O)NC3CCCCCC3)n2C)cc1. The van der Waals surface area contributed by atoms with Crippen molar-refractivity contribution in [2.75, 3.05) is 12.9 Å². The largest absolute Gasteiger partial charge is 0.497 e. The Morgan fingerprint density at radius 1 is 1.17 bits per heavy atom. The van der Waals surface area contributed by atoms with E-state index in [4.69, 9.17) is 9.47 Å². The number of amides is 1. The number of ether oxygens (including phenoxy) is 2. The molecule has 0 saturated heterocycles. The molecule has 0 aliphatic heterocycles. The summed E-state index contributed by atoms with van der Waals surface area (Å²) in [4.78, 5) is 12.3. The van der Waals surface area contributed by atoms with Crippen molar-refractivity contribution < 1.29 is 14.3 Å². The molecular weight excluding hydrogens is 388 g/mol. The summed E-state index contributed by atoms with van der Waals surface area (Å²) in [7, 11) is 3.53. The summed E-state index contributed by atoms with van der Waals surface area (Å²) in [5, 5.41) is 12.4. The number of nitrogens with zero attached hydrogens (tertiary/aromatic N) is 3. The predicted molar refractivity (Wildman–Crippen MR) is 113 cm³/mol. The smallest absolute Gasteiger partial charge is 0.230 e. The second-order valence-electron chi connectivity index (χ2n) is 7.38. The molecule has 29 heavy (non-hydrogen) atoms. The van der Waals surface area contributed by atoms with Gasteiger partial charge in [0.2, 0.25) is 5.91 Å². The molecule has 1 aliphatic rings. The first-order chi connectivity index (χ1) is 14.1. The van der Waals surface area contributed by atoms with E-state index < -0.39 is 0 Å². The highest BCUT2D eigenvalue weighted by molar-refractivity contribution is 7.99. The van der Waals surface area contributed by atoms with Crippen LogP contribution < -0.4 is 14.8 Å². The molecule has 158 valence electrons. The molecule has 1 heterocycles. The van der Waals surface area contributed by atoms with Gasteiger partial charge in [-0.3, -0.25) is 4.79 Å². The zero-order valence-corrected chi connectivity index (χ0v) is 18.2. The number of hydrogen-bond donors (Lipinski definition) is 1. The third kappa shape index (κ3) is 6.13. The Morgan fingerprint density at radius 3 is 2.48 bits per heavy atom. The van der Waals surface area contributed by atoms with E-state index in [0.29, 0.717) is 22.8 Å². The quantitative estimate of drug-likeness (QED) is 0.518. The van der Waals surface area contributed by atoms with Crippen molar-refractivity contribution in [3.8, 4) is 11.5 Å². The highest BCUT2D eigenvalue weighted by atomic mass is 32.2. The lowest BCUT2D eigenvalue weighted by Crippen LogP contribution is -2.35. The van der Waals surface area contributed by atoms with Crippen LogP contribution >= 0.6 is 11.8 Å². The van der Waals surface area contributed by atoms with Crippen LogP contribution in [0.1, 0.15) is 57.4 Å². The Bertz CT molecular complexity index is 786. The minimum atomic E-state index is -0.268. The summed E-state index contributed by atoms with van der Waals surface area (Å²) in [6.45, 7) is 1.93. The molecule has 1 unspecified atom stereocenters. The molecule has 1 amide bonds. The number of carbonyl (C=O) groups excluding carboxylic acids is 1. The number of nitrogens with one attached hydrogen (secondary N) is 1. The molecule has 3 rings (SSSR count). The molecule has 1 fully saturated rings. The summed E-state index contributed by atoms with van der Waals surface area (Å²) < 4.78 is 13.0. The normalized spacial score (nSPS) is 16.1. The molecular formula is C21H30N4O3S. The number of hydrogen-bond acceptors (Lipinski definition) is 6. The Morgan fingerprint density at radius 2 is 1.83 bits per heavy atom. The second-order valence-corrected chi connectivity index (χ2v) is 8.32. The number of thioether (sulfide) groups is 1. The van der Waals surface area contributed by atoms with Gasteiger partial charge in [0, 0.05) is 13.1 Å². The first-order valence-corrected chi connectivity index (χ1v) is 11.2. The predicted octanol–water partition coefficient (Wildman–Crippen LogP) is 3.89.